The Kier molecular flexibility index (Phi) is 3.84. The second-order valence-corrected chi connectivity index (χ2v) is 3.74. The van der Waals surface area contributed by atoms with Gasteiger partial charge in [-0.3, -0.25) is 4.79 Å². The molecule has 2 aromatic carbocycles. The number of hydrogen-bond acceptors (Lipinski definition) is 1. The molecule has 0 amide bonds. The fourth-order valence-electron chi connectivity index (χ4n) is 1.81. The van der Waals surface area contributed by atoms with Gasteiger partial charge in [0.05, 0.1) is 5.92 Å². The summed E-state index contributed by atoms with van der Waals surface area (Å²) in [4.78, 5) is 10.9. The summed E-state index contributed by atoms with van der Waals surface area (Å²) >= 11 is 0. The van der Waals surface area contributed by atoms with Crippen LogP contribution in [0.5, 0.6) is 0 Å². The second-order valence-electron chi connectivity index (χ2n) is 3.74. The molecule has 0 aliphatic carbocycles. The van der Waals surface area contributed by atoms with Gasteiger partial charge in [-0.25, -0.2) is 4.39 Å². The number of carbonyl (C=O) groups is 1. The van der Waals surface area contributed by atoms with Gasteiger partial charge in [-0.15, -0.1) is 0 Å². The van der Waals surface area contributed by atoms with Crippen LogP contribution >= 0.6 is 0 Å². The van der Waals surface area contributed by atoms with E-state index in [0.717, 1.165) is 0 Å². The Morgan fingerprint density at radius 1 is 1.18 bits per heavy atom. The number of carboxylic acids is 1. The van der Waals surface area contributed by atoms with Crippen LogP contribution < -0.4 is 0 Å². The zero-order valence-electron chi connectivity index (χ0n) is 8.77. The van der Waals surface area contributed by atoms with Crippen LogP contribution in [-0.2, 0) is 4.79 Å². The molecular formula is C14H15FO2. The van der Waals surface area contributed by atoms with Gasteiger partial charge in [0.2, 0.25) is 0 Å². The smallest absolute Gasteiger partial charge is 0.310 e. The standard InChI is InChI=1S/C13H11FO2.CH4/c1-8(13(15)16)9-4-2-6-11-10(9)5-3-7-12(11)14;/h2-8H,1H3,(H,15,16);1H4. The lowest BCUT2D eigenvalue weighted by Gasteiger charge is -2.10. The lowest BCUT2D eigenvalue weighted by atomic mass is 9.95. The molecule has 0 saturated carbocycles. The Bertz CT molecular complexity index is 549. The quantitative estimate of drug-likeness (QED) is 0.858. The molecule has 1 atom stereocenters. The van der Waals surface area contributed by atoms with Crippen LogP contribution in [0.4, 0.5) is 4.39 Å². The maximum atomic E-state index is 13.5. The first-order chi connectivity index (χ1) is 7.61. The zero-order valence-corrected chi connectivity index (χ0v) is 8.77. The number of hydrogen-bond donors (Lipinski definition) is 1. The predicted molar refractivity (Wildman–Crippen MR) is 66.7 cm³/mol. The Morgan fingerprint density at radius 3 is 2.41 bits per heavy atom. The first-order valence-electron chi connectivity index (χ1n) is 5.01. The van der Waals surface area contributed by atoms with Crippen molar-refractivity contribution in [2.24, 2.45) is 0 Å². The van der Waals surface area contributed by atoms with Crippen molar-refractivity contribution in [2.75, 3.05) is 0 Å². The lowest BCUT2D eigenvalue weighted by Crippen LogP contribution is -2.07. The van der Waals surface area contributed by atoms with E-state index in [2.05, 4.69) is 0 Å². The van der Waals surface area contributed by atoms with Crippen LogP contribution in [0.1, 0.15) is 25.8 Å². The molecular weight excluding hydrogens is 219 g/mol. The minimum atomic E-state index is -0.906. The zero-order chi connectivity index (χ0) is 11.7. The van der Waals surface area contributed by atoms with E-state index in [9.17, 15) is 9.18 Å². The molecule has 0 aliphatic rings. The maximum Gasteiger partial charge on any atom is 0.310 e. The van der Waals surface area contributed by atoms with Crippen molar-refractivity contribution in [2.45, 2.75) is 20.3 Å². The van der Waals surface area contributed by atoms with Crippen LogP contribution in [0, 0.1) is 5.82 Å². The largest absolute Gasteiger partial charge is 0.481 e. The third-order valence-electron chi connectivity index (χ3n) is 2.74. The third kappa shape index (κ3) is 2.28. The number of fused-ring (bicyclic) bond motifs is 1. The average Bonchev–Trinajstić information content (AvgIpc) is 2.28. The SMILES string of the molecule is C.CC(C(=O)O)c1cccc2c(F)cccc12. The number of benzene rings is 2. The van der Waals surface area contributed by atoms with Crippen LogP contribution in [0.2, 0.25) is 0 Å². The van der Waals surface area contributed by atoms with Gasteiger partial charge < -0.3 is 5.11 Å². The summed E-state index contributed by atoms with van der Waals surface area (Å²) in [7, 11) is 0. The molecule has 3 heteroatoms. The Labute approximate surface area is 99.7 Å². The van der Waals surface area contributed by atoms with Gasteiger partial charge in [0.25, 0.3) is 0 Å². The van der Waals surface area contributed by atoms with E-state index in [0.29, 0.717) is 16.3 Å². The summed E-state index contributed by atoms with van der Waals surface area (Å²) < 4.78 is 13.5. The first kappa shape index (κ1) is 13.2. The van der Waals surface area contributed by atoms with Gasteiger partial charge in [0.15, 0.2) is 0 Å². The molecule has 90 valence electrons. The van der Waals surface area contributed by atoms with Gasteiger partial charge >= 0.3 is 5.97 Å². The highest BCUT2D eigenvalue weighted by molar-refractivity contribution is 5.90. The van der Waals surface area contributed by atoms with Gasteiger partial charge in [-0.05, 0) is 23.9 Å². The summed E-state index contributed by atoms with van der Waals surface area (Å²) in [6.07, 6.45) is 0. The number of halogens is 1. The van der Waals surface area contributed by atoms with E-state index in [1.807, 2.05) is 0 Å². The number of carboxylic acid groups (broad SMARTS) is 1. The van der Waals surface area contributed by atoms with E-state index in [1.165, 1.54) is 6.07 Å². The fraction of sp³-hybridized carbons (Fsp3) is 0.214. The molecule has 0 spiro atoms. The monoisotopic (exact) mass is 234 g/mol. The molecule has 1 N–H and O–H groups in total. The van der Waals surface area contributed by atoms with Crippen LogP contribution in [0.25, 0.3) is 10.8 Å². The summed E-state index contributed by atoms with van der Waals surface area (Å²) in [5.41, 5.74) is 0.643. The predicted octanol–water partition coefficient (Wildman–Crippen LogP) is 3.80. The van der Waals surface area contributed by atoms with Gasteiger partial charge in [-0.2, -0.15) is 0 Å². The van der Waals surface area contributed by atoms with Crippen molar-refractivity contribution >= 4 is 16.7 Å². The normalized spacial score (nSPS) is 11.9. The van der Waals surface area contributed by atoms with E-state index in [-0.39, 0.29) is 13.2 Å². The Balaban J connectivity index is 0.00000144. The third-order valence-corrected chi connectivity index (χ3v) is 2.74. The molecule has 2 aromatic rings. The van der Waals surface area contributed by atoms with Gasteiger partial charge in [0.1, 0.15) is 5.82 Å². The highest BCUT2D eigenvalue weighted by atomic mass is 19.1. The van der Waals surface area contributed by atoms with E-state index in [1.54, 1.807) is 37.3 Å². The minimum Gasteiger partial charge on any atom is -0.481 e. The summed E-state index contributed by atoms with van der Waals surface area (Å²) in [5, 5.41) is 10.1. The second kappa shape index (κ2) is 4.95. The minimum absolute atomic E-state index is 0. The molecule has 0 aliphatic heterocycles. The molecule has 0 heterocycles. The van der Waals surface area contributed by atoms with E-state index in [4.69, 9.17) is 5.11 Å². The van der Waals surface area contributed by atoms with Gasteiger partial charge in [0, 0.05) is 5.39 Å². The Morgan fingerprint density at radius 2 is 1.76 bits per heavy atom. The van der Waals surface area contributed by atoms with Crippen molar-refractivity contribution in [3.63, 3.8) is 0 Å². The molecule has 0 aromatic heterocycles. The molecule has 0 fully saturated rings. The maximum absolute atomic E-state index is 13.5. The van der Waals surface area contributed by atoms with Crippen LogP contribution in [0.3, 0.4) is 0 Å². The summed E-state index contributed by atoms with van der Waals surface area (Å²) in [6.45, 7) is 1.60. The lowest BCUT2D eigenvalue weighted by molar-refractivity contribution is -0.138. The van der Waals surface area contributed by atoms with Crippen LogP contribution in [0.15, 0.2) is 36.4 Å². The molecule has 1 unspecified atom stereocenters. The molecule has 2 nitrogen and oxygen atoms in total. The highest BCUT2D eigenvalue weighted by Gasteiger charge is 2.16. The Hall–Kier alpha value is -1.90. The van der Waals surface area contributed by atoms with E-state index < -0.39 is 11.9 Å². The molecule has 17 heavy (non-hydrogen) atoms. The fourth-order valence-corrected chi connectivity index (χ4v) is 1.81. The highest BCUT2D eigenvalue weighted by Crippen LogP contribution is 2.27. The average molecular weight is 234 g/mol. The summed E-state index contributed by atoms with van der Waals surface area (Å²) in [6, 6.07) is 9.77. The topological polar surface area (TPSA) is 37.3 Å². The van der Waals surface area contributed by atoms with Crippen molar-refractivity contribution in [1.29, 1.82) is 0 Å². The van der Waals surface area contributed by atoms with Crippen molar-refractivity contribution in [1.82, 2.24) is 0 Å². The van der Waals surface area contributed by atoms with Crippen LogP contribution in [-0.4, -0.2) is 11.1 Å². The first-order valence-corrected chi connectivity index (χ1v) is 5.01. The molecule has 0 radical (unpaired) electrons. The summed E-state index contributed by atoms with van der Waals surface area (Å²) in [5.74, 6) is -1.86. The molecule has 0 bridgehead atoms. The number of aliphatic carboxylic acids is 1. The molecule has 2 rings (SSSR count). The van der Waals surface area contributed by atoms with Crippen molar-refractivity contribution < 1.29 is 14.3 Å². The van der Waals surface area contributed by atoms with Crippen molar-refractivity contribution in [3.05, 3.63) is 47.8 Å². The van der Waals surface area contributed by atoms with E-state index >= 15 is 0 Å². The molecule has 0 saturated heterocycles. The van der Waals surface area contributed by atoms with Crippen molar-refractivity contribution in [3.8, 4) is 0 Å². The van der Waals surface area contributed by atoms with Gasteiger partial charge in [-0.1, -0.05) is 37.8 Å². The number of rotatable bonds is 2.